The highest BCUT2D eigenvalue weighted by Crippen LogP contribution is 2.02. The molecule has 3 nitrogen and oxygen atoms in total. The summed E-state index contributed by atoms with van der Waals surface area (Å²) in [7, 11) is 0. The maximum Gasteiger partial charge on any atom is 0.133 e. The van der Waals surface area contributed by atoms with Gasteiger partial charge in [0, 0.05) is 6.04 Å². The lowest BCUT2D eigenvalue weighted by atomic mass is 10.1. The molecular weight excluding hydrogens is 140 g/mol. The van der Waals surface area contributed by atoms with E-state index in [1.165, 1.54) is 0 Å². The first-order valence-corrected chi connectivity index (χ1v) is 3.87. The van der Waals surface area contributed by atoms with E-state index in [4.69, 9.17) is 15.7 Å². The summed E-state index contributed by atoms with van der Waals surface area (Å²) < 4.78 is 4.96. The highest BCUT2D eigenvalue weighted by molar-refractivity contribution is 4.68. The number of nitrogens with zero attached hydrogens (tertiary/aromatic N) is 1. The Balaban J connectivity index is 3.24. The lowest BCUT2D eigenvalue weighted by Crippen LogP contribution is -2.27. The van der Waals surface area contributed by atoms with Crippen LogP contribution in [0.5, 0.6) is 0 Å². The van der Waals surface area contributed by atoms with Crippen molar-refractivity contribution in [2.75, 3.05) is 13.2 Å². The molecule has 3 heteroatoms. The van der Waals surface area contributed by atoms with Crippen molar-refractivity contribution >= 4 is 0 Å². The lowest BCUT2D eigenvalue weighted by molar-refractivity contribution is 0.143. The van der Waals surface area contributed by atoms with Crippen LogP contribution in [0.4, 0.5) is 0 Å². The van der Waals surface area contributed by atoms with Crippen LogP contribution in [0.3, 0.4) is 0 Å². The topological polar surface area (TPSA) is 59.0 Å². The number of nitrogens with two attached hydrogens (primary N) is 1. The van der Waals surface area contributed by atoms with Crippen LogP contribution in [-0.2, 0) is 4.74 Å². The Hall–Kier alpha value is -0.590. The first-order chi connectivity index (χ1) is 5.16. The van der Waals surface area contributed by atoms with Crippen LogP contribution < -0.4 is 5.73 Å². The quantitative estimate of drug-likeness (QED) is 0.601. The summed E-state index contributed by atoms with van der Waals surface area (Å²) in [5.74, 6) is 0.593. The number of rotatable bonds is 5. The Morgan fingerprint density at radius 1 is 1.55 bits per heavy atom. The Labute approximate surface area is 68.1 Å². The molecule has 0 fully saturated rings. The van der Waals surface area contributed by atoms with Crippen molar-refractivity contribution in [1.29, 1.82) is 5.26 Å². The second-order valence-corrected chi connectivity index (χ2v) is 3.06. The molecule has 0 bridgehead atoms. The average molecular weight is 156 g/mol. The molecule has 0 aliphatic rings. The van der Waals surface area contributed by atoms with Crippen LogP contribution in [0.2, 0.25) is 0 Å². The molecule has 0 spiro atoms. The second kappa shape index (κ2) is 6.14. The van der Waals surface area contributed by atoms with Gasteiger partial charge < -0.3 is 10.5 Å². The van der Waals surface area contributed by atoms with Crippen LogP contribution in [-0.4, -0.2) is 19.3 Å². The maximum atomic E-state index is 8.15. The Morgan fingerprint density at radius 3 is 2.64 bits per heavy atom. The molecule has 0 aliphatic carbocycles. The molecule has 64 valence electrons. The molecule has 0 rings (SSSR count). The Bertz CT molecular complexity index is 129. The molecule has 0 amide bonds. The Morgan fingerprint density at radius 2 is 2.18 bits per heavy atom. The van der Waals surface area contributed by atoms with Gasteiger partial charge >= 0.3 is 0 Å². The van der Waals surface area contributed by atoms with Crippen LogP contribution in [0.1, 0.15) is 20.3 Å². The smallest absolute Gasteiger partial charge is 0.133 e. The summed E-state index contributed by atoms with van der Waals surface area (Å²) in [4.78, 5) is 0. The van der Waals surface area contributed by atoms with Crippen molar-refractivity contribution in [3.05, 3.63) is 0 Å². The highest BCUT2D eigenvalue weighted by Gasteiger charge is 2.04. The number of nitriles is 1. The summed E-state index contributed by atoms with van der Waals surface area (Å²) in [6, 6.07) is 1.97. The van der Waals surface area contributed by atoms with E-state index < -0.39 is 0 Å². The molecule has 2 N–H and O–H groups in total. The van der Waals surface area contributed by atoms with Crippen LogP contribution in [0, 0.1) is 17.2 Å². The molecule has 0 radical (unpaired) electrons. The molecule has 0 aromatic rings. The fraction of sp³-hybridized carbons (Fsp3) is 0.875. The molecular formula is C8H16N2O. The molecule has 0 saturated carbocycles. The molecule has 1 unspecified atom stereocenters. The highest BCUT2D eigenvalue weighted by atomic mass is 16.5. The third-order valence-electron chi connectivity index (χ3n) is 1.27. The molecule has 0 aliphatic heterocycles. The van der Waals surface area contributed by atoms with Gasteiger partial charge in [-0.25, -0.2) is 0 Å². The van der Waals surface area contributed by atoms with Gasteiger partial charge in [-0.1, -0.05) is 13.8 Å². The second-order valence-electron chi connectivity index (χ2n) is 3.06. The first kappa shape index (κ1) is 10.4. The minimum Gasteiger partial charge on any atom is -0.365 e. The fourth-order valence-corrected chi connectivity index (χ4v) is 0.929. The zero-order chi connectivity index (χ0) is 8.69. The molecule has 0 heterocycles. The van der Waals surface area contributed by atoms with Crippen LogP contribution in [0.25, 0.3) is 0 Å². The van der Waals surface area contributed by atoms with E-state index in [9.17, 15) is 0 Å². The zero-order valence-electron chi connectivity index (χ0n) is 7.21. The minimum atomic E-state index is 0.0725. The van der Waals surface area contributed by atoms with Crippen LogP contribution in [0.15, 0.2) is 0 Å². The van der Waals surface area contributed by atoms with E-state index in [1.807, 2.05) is 6.07 Å². The maximum absolute atomic E-state index is 8.15. The summed E-state index contributed by atoms with van der Waals surface area (Å²) in [6.45, 7) is 4.87. The molecule has 1 atom stereocenters. The van der Waals surface area contributed by atoms with E-state index in [0.29, 0.717) is 12.5 Å². The summed E-state index contributed by atoms with van der Waals surface area (Å²) in [5, 5.41) is 8.15. The summed E-state index contributed by atoms with van der Waals surface area (Å²) in [6.07, 6.45) is 0.950. The number of hydrogen-bond acceptors (Lipinski definition) is 3. The average Bonchev–Trinajstić information content (AvgIpc) is 1.86. The van der Waals surface area contributed by atoms with E-state index in [1.54, 1.807) is 0 Å². The molecule has 0 saturated heterocycles. The minimum absolute atomic E-state index is 0.0725. The van der Waals surface area contributed by atoms with Gasteiger partial charge in [0.05, 0.1) is 12.7 Å². The van der Waals surface area contributed by atoms with Crippen molar-refractivity contribution in [2.24, 2.45) is 11.7 Å². The van der Waals surface area contributed by atoms with Gasteiger partial charge in [0.25, 0.3) is 0 Å². The van der Waals surface area contributed by atoms with E-state index >= 15 is 0 Å². The van der Waals surface area contributed by atoms with Gasteiger partial charge in [-0.05, 0) is 12.3 Å². The number of hydrogen-bond donors (Lipinski definition) is 1. The van der Waals surface area contributed by atoms with Gasteiger partial charge in [0.1, 0.15) is 6.61 Å². The normalized spacial score (nSPS) is 13.0. The lowest BCUT2D eigenvalue weighted by Gasteiger charge is -2.12. The SMILES string of the molecule is CC(C)CC(N)COCC#N. The third-order valence-corrected chi connectivity index (χ3v) is 1.27. The monoisotopic (exact) mass is 156 g/mol. The van der Waals surface area contributed by atoms with Gasteiger partial charge in [-0.2, -0.15) is 5.26 Å². The van der Waals surface area contributed by atoms with E-state index in [2.05, 4.69) is 13.8 Å². The van der Waals surface area contributed by atoms with Crippen molar-refractivity contribution in [3.63, 3.8) is 0 Å². The molecule has 0 aromatic carbocycles. The fourth-order valence-electron chi connectivity index (χ4n) is 0.929. The third kappa shape index (κ3) is 7.31. The van der Waals surface area contributed by atoms with Crippen molar-refractivity contribution < 1.29 is 4.74 Å². The van der Waals surface area contributed by atoms with Gasteiger partial charge in [-0.15, -0.1) is 0 Å². The van der Waals surface area contributed by atoms with Gasteiger partial charge in [0.2, 0.25) is 0 Å². The van der Waals surface area contributed by atoms with Gasteiger partial charge in [0.15, 0.2) is 0 Å². The summed E-state index contributed by atoms with van der Waals surface area (Å²) >= 11 is 0. The predicted octanol–water partition coefficient (Wildman–Crippen LogP) is 0.900. The van der Waals surface area contributed by atoms with E-state index in [0.717, 1.165) is 6.42 Å². The standard InChI is InChI=1S/C8H16N2O/c1-7(2)5-8(10)6-11-4-3-9/h7-8H,4-6,10H2,1-2H3. The van der Waals surface area contributed by atoms with Crippen molar-refractivity contribution in [3.8, 4) is 6.07 Å². The molecule has 11 heavy (non-hydrogen) atoms. The van der Waals surface area contributed by atoms with Crippen molar-refractivity contribution in [2.45, 2.75) is 26.3 Å². The first-order valence-electron chi connectivity index (χ1n) is 3.87. The largest absolute Gasteiger partial charge is 0.365 e. The van der Waals surface area contributed by atoms with Gasteiger partial charge in [-0.3, -0.25) is 0 Å². The van der Waals surface area contributed by atoms with Crippen LogP contribution >= 0.6 is 0 Å². The molecule has 0 aromatic heterocycles. The Kier molecular flexibility index (Phi) is 5.81. The number of ether oxygens (including phenoxy) is 1. The predicted molar refractivity (Wildman–Crippen MR) is 43.9 cm³/mol. The summed E-state index contributed by atoms with van der Waals surface area (Å²) in [5.41, 5.74) is 5.68. The zero-order valence-corrected chi connectivity index (χ0v) is 7.21. The van der Waals surface area contributed by atoms with Crippen molar-refractivity contribution in [1.82, 2.24) is 0 Å². The van der Waals surface area contributed by atoms with E-state index in [-0.39, 0.29) is 12.6 Å².